The maximum Gasteiger partial charge on any atom is 0.187 e. The van der Waals surface area contributed by atoms with Crippen molar-refractivity contribution in [2.45, 2.75) is 187 Å². The molecular formula is C41H68O12. The first kappa shape index (κ1) is 40.4. The largest absolute Gasteiger partial charge is 0.393 e. The second-order valence-corrected chi connectivity index (χ2v) is 20.5. The van der Waals surface area contributed by atoms with Gasteiger partial charge in [-0.2, -0.15) is 0 Å². The lowest BCUT2D eigenvalue weighted by Gasteiger charge is -2.74. The molecule has 0 aromatic carbocycles. The number of carbonyl (C=O) groups is 1. The predicted molar refractivity (Wildman–Crippen MR) is 192 cm³/mol. The van der Waals surface area contributed by atoms with Gasteiger partial charge in [-0.3, -0.25) is 4.79 Å². The number of ketones is 1. The Labute approximate surface area is 314 Å². The van der Waals surface area contributed by atoms with Crippen LogP contribution in [0.2, 0.25) is 0 Å². The van der Waals surface area contributed by atoms with Crippen molar-refractivity contribution in [2.24, 2.45) is 56.2 Å². The van der Waals surface area contributed by atoms with E-state index in [1.165, 1.54) is 6.92 Å². The quantitative estimate of drug-likeness (QED) is 0.203. The molecule has 0 amide bonds. The Kier molecular flexibility index (Phi) is 10.0. The summed E-state index contributed by atoms with van der Waals surface area (Å²) in [6.07, 6.45) is -6.94. The summed E-state index contributed by atoms with van der Waals surface area (Å²) in [4.78, 5) is 13.1. The van der Waals surface area contributed by atoms with Gasteiger partial charge in [-0.25, -0.2) is 0 Å². The van der Waals surface area contributed by atoms with E-state index < -0.39 is 72.9 Å². The topological polar surface area (TPSA) is 196 Å². The highest BCUT2D eigenvalue weighted by Crippen LogP contribution is 2.78. The number of fused-ring (bicyclic) bond motifs is 7. The molecule has 5 saturated carbocycles. The van der Waals surface area contributed by atoms with Gasteiger partial charge in [-0.1, -0.05) is 48.5 Å². The van der Waals surface area contributed by atoms with E-state index in [4.69, 9.17) is 18.9 Å². The Balaban J connectivity index is 1.10. The SMILES string of the molecule is CC(=O)C1(C)CCC2(C)C1C(O)CC1(C)C2C(O)CC2C3(C)CCC(OC4OCC(O)C(OC5OC(C)C(O)C(O)C5O)C4O)C(C)(C)C3CCC21C. The zero-order valence-electron chi connectivity index (χ0n) is 33.3. The number of rotatable bonds is 5. The van der Waals surface area contributed by atoms with Crippen molar-refractivity contribution in [3.05, 3.63) is 0 Å². The van der Waals surface area contributed by atoms with Gasteiger partial charge in [-0.05, 0) is 110 Å². The Hall–Kier alpha value is -0.770. The van der Waals surface area contributed by atoms with Gasteiger partial charge in [0, 0.05) is 11.3 Å². The summed E-state index contributed by atoms with van der Waals surface area (Å²) in [5.41, 5.74) is -1.91. The van der Waals surface area contributed by atoms with Gasteiger partial charge in [-0.15, -0.1) is 0 Å². The molecule has 5 aliphatic carbocycles. The number of hydrogen-bond acceptors (Lipinski definition) is 12. The molecular weight excluding hydrogens is 684 g/mol. The summed E-state index contributed by atoms with van der Waals surface area (Å²) in [5, 5.41) is 77.6. The molecule has 21 atom stereocenters. The molecule has 0 bridgehead atoms. The molecule has 0 spiro atoms. The molecule has 2 aliphatic heterocycles. The average Bonchev–Trinajstić information content (AvgIpc) is 3.36. The molecule has 0 aromatic heterocycles. The maximum absolute atomic E-state index is 13.1. The van der Waals surface area contributed by atoms with Crippen LogP contribution in [0.3, 0.4) is 0 Å². The van der Waals surface area contributed by atoms with Gasteiger partial charge in [0.25, 0.3) is 0 Å². The molecule has 0 radical (unpaired) electrons. The van der Waals surface area contributed by atoms with Crippen LogP contribution < -0.4 is 0 Å². The minimum Gasteiger partial charge on any atom is -0.393 e. The molecule has 304 valence electrons. The third-order valence-corrected chi connectivity index (χ3v) is 17.8. The number of aliphatic hydroxyl groups excluding tert-OH is 7. The van der Waals surface area contributed by atoms with E-state index in [9.17, 15) is 40.5 Å². The molecule has 7 rings (SSSR count). The minimum absolute atomic E-state index is 0.0224. The fourth-order valence-electron chi connectivity index (χ4n) is 14.9. The van der Waals surface area contributed by atoms with Gasteiger partial charge in [0.2, 0.25) is 0 Å². The maximum atomic E-state index is 13.1. The van der Waals surface area contributed by atoms with Crippen LogP contribution in [0.4, 0.5) is 0 Å². The van der Waals surface area contributed by atoms with Crippen LogP contribution in [-0.4, -0.2) is 122 Å². The second-order valence-electron chi connectivity index (χ2n) is 20.5. The van der Waals surface area contributed by atoms with Crippen molar-refractivity contribution in [2.75, 3.05) is 6.61 Å². The third-order valence-electron chi connectivity index (χ3n) is 17.8. The Morgan fingerprint density at radius 1 is 0.660 bits per heavy atom. The molecule has 12 heteroatoms. The lowest BCUT2D eigenvalue weighted by molar-refractivity contribution is -0.355. The lowest BCUT2D eigenvalue weighted by atomic mass is 9.31. The fourth-order valence-corrected chi connectivity index (χ4v) is 14.9. The van der Waals surface area contributed by atoms with Crippen molar-refractivity contribution in [1.29, 1.82) is 0 Å². The molecule has 2 saturated heterocycles. The van der Waals surface area contributed by atoms with Crippen molar-refractivity contribution < 1.29 is 59.5 Å². The van der Waals surface area contributed by atoms with Crippen LogP contribution in [0.25, 0.3) is 0 Å². The fraction of sp³-hybridized carbons (Fsp3) is 0.976. The van der Waals surface area contributed by atoms with E-state index in [1.54, 1.807) is 6.92 Å². The number of ether oxygens (including phenoxy) is 4. The predicted octanol–water partition coefficient (Wildman–Crippen LogP) is 2.68. The number of Topliss-reactive ketones (excluding diaryl/α,β-unsaturated/α-hetero) is 1. The van der Waals surface area contributed by atoms with E-state index >= 15 is 0 Å². The van der Waals surface area contributed by atoms with Crippen LogP contribution in [0, 0.1) is 56.2 Å². The van der Waals surface area contributed by atoms with Gasteiger partial charge >= 0.3 is 0 Å². The van der Waals surface area contributed by atoms with E-state index in [1.807, 2.05) is 6.92 Å². The molecule has 7 N–H and O–H groups in total. The highest BCUT2D eigenvalue weighted by Gasteiger charge is 2.75. The van der Waals surface area contributed by atoms with Crippen molar-refractivity contribution in [3.63, 3.8) is 0 Å². The Morgan fingerprint density at radius 2 is 1.34 bits per heavy atom. The first-order valence-electron chi connectivity index (χ1n) is 20.3. The minimum atomic E-state index is -1.59. The normalized spacial score (nSPS) is 59.2. The van der Waals surface area contributed by atoms with Crippen LogP contribution in [-0.2, 0) is 23.7 Å². The van der Waals surface area contributed by atoms with E-state index in [2.05, 4.69) is 41.5 Å². The average molecular weight is 753 g/mol. The summed E-state index contributed by atoms with van der Waals surface area (Å²) >= 11 is 0. The Morgan fingerprint density at radius 3 is 2.00 bits per heavy atom. The van der Waals surface area contributed by atoms with E-state index in [-0.39, 0.29) is 69.2 Å². The molecule has 53 heavy (non-hydrogen) atoms. The van der Waals surface area contributed by atoms with Gasteiger partial charge < -0.3 is 54.7 Å². The highest BCUT2D eigenvalue weighted by atomic mass is 16.7. The van der Waals surface area contributed by atoms with Gasteiger partial charge in [0.05, 0.1) is 31.0 Å². The summed E-state index contributed by atoms with van der Waals surface area (Å²) in [6.45, 7) is 18.9. The van der Waals surface area contributed by atoms with Gasteiger partial charge in [0.1, 0.15) is 42.4 Å². The summed E-state index contributed by atoms with van der Waals surface area (Å²) in [5.74, 6) is 0.356. The first-order chi connectivity index (χ1) is 24.5. The van der Waals surface area contributed by atoms with Crippen LogP contribution in [0.5, 0.6) is 0 Å². The zero-order valence-corrected chi connectivity index (χ0v) is 33.3. The Bertz CT molecular complexity index is 1410. The molecule has 7 aliphatic rings. The molecule has 21 unspecified atom stereocenters. The number of hydrogen-bond donors (Lipinski definition) is 7. The van der Waals surface area contributed by atoms with Crippen LogP contribution >= 0.6 is 0 Å². The van der Waals surface area contributed by atoms with E-state index in [0.29, 0.717) is 19.3 Å². The second kappa shape index (κ2) is 13.1. The number of aliphatic hydroxyl groups is 7. The van der Waals surface area contributed by atoms with Crippen LogP contribution in [0.15, 0.2) is 0 Å². The highest BCUT2D eigenvalue weighted by molar-refractivity contribution is 5.83. The summed E-state index contributed by atoms with van der Waals surface area (Å²) in [7, 11) is 0. The molecule has 2 heterocycles. The summed E-state index contributed by atoms with van der Waals surface area (Å²) < 4.78 is 24.0. The molecule has 12 nitrogen and oxygen atoms in total. The van der Waals surface area contributed by atoms with E-state index in [0.717, 1.165) is 32.1 Å². The lowest BCUT2D eigenvalue weighted by Crippen LogP contribution is -2.72. The molecule has 0 aromatic rings. The van der Waals surface area contributed by atoms with Crippen molar-refractivity contribution in [3.8, 4) is 0 Å². The number of carbonyl (C=O) groups excluding carboxylic acids is 1. The van der Waals surface area contributed by atoms with Gasteiger partial charge in [0.15, 0.2) is 12.6 Å². The molecule has 7 fully saturated rings. The van der Waals surface area contributed by atoms with Crippen molar-refractivity contribution >= 4 is 5.78 Å². The standard InChI is InChI=1S/C41H68O12/c1-19-27(46)28(47)29(48)35(51-19)53-31-23(45)18-50-34(30(31)49)52-26-11-12-38(6)24(36(26,3)4)10-13-40(8)25(38)16-21(43)33-39(7)15-14-37(5,20(2)42)32(39)22(44)17-41(33,40)9/h19,21-35,43-49H,10-18H2,1-9H3. The first-order valence-corrected chi connectivity index (χ1v) is 20.3. The smallest absolute Gasteiger partial charge is 0.187 e. The third kappa shape index (κ3) is 5.58. The zero-order chi connectivity index (χ0) is 39.0. The monoisotopic (exact) mass is 752 g/mol. The van der Waals surface area contributed by atoms with Crippen LogP contribution in [0.1, 0.15) is 114 Å². The van der Waals surface area contributed by atoms with Crippen molar-refractivity contribution in [1.82, 2.24) is 0 Å². The summed E-state index contributed by atoms with van der Waals surface area (Å²) in [6, 6.07) is 0.